The molecule has 0 aromatic carbocycles. The zero-order chi connectivity index (χ0) is 41.0. The van der Waals surface area contributed by atoms with E-state index in [1.54, 1.807) is 0 Å². The van der Waals surface area contributed by atoms with Crippen molar-refractivity contribution in [3.8, 4) is 0 Å². The van der Waals surface area contributed by atoms with E-state index in [1.807, 2.05) is 0 Å². The number of carbonyl (C=O) groups excluding carboxylic acids is 3. The van der Waals surface area contributed by atoms with Gasteiger partial charge < -0.3 is 14.2 Å². The SMILES string of the molecule is CCCCCCCCCCCCCCCCCCCC(=O)OC[C@@H](COC(=O)CCCCCCCCCCC(C)C)OC(=O)CCCCCCCCCCCC. The molecular weight excluding hydrogens is 697 g/mol. The molecule has 0 amide bonds. The van der Waals surface area contributed by atoms with E-state index in [9.17, 15) is 14.4 Å². The van der Waals surface area contributed by atoms with Crippen LogP contribution in [0.5, 0.6) is 0 Å². The molecule has 0 heterocycles. The smallest absolute Gasteiger partial charge is 0.306 e. The molecule has 0 bridgehead atoms. The van der Waals surface area contributed by atoms with Gasteiger partial charge in [0.15, 0.2) is 6.10 Å². The molecule has 332 valence electrons. The zero-order valence-electron chi connectivity index (χ0n) is 38.1. The molecule has 0 aliphatic heterocycles. The second-order valence-corrected chi connectivity index (χ2v) is 17.6. The molecule has 6 nitrogen and oxygen atoms in total. The fourth-order valence-electron chi connectivity index (χ4n) is 7.51. The second kappa shape index (κ2) is 44.5. The van der Waals surface area contributed by atoms with Gasteiger partial charge in [-0.1, -0.05) is 240 Å². The van der Waals surface area contributed by atoms with Crippen LogP contribution in [0, 0.1) is 5.92 Å². The summed E-state index contributed by atoms with van der Waals surface area (Å²) in [5.74, 6) is -0.0546. The first-order valence-electron chi connectivity index (χ1n) is 24.9. The highest BCUT2D eigenvalue weighted by molar-refractivity contribution is 5.71. The minimum absolute atomic E-state index is 0.0635. The van der Waals surface area contributed by atoms with Gasteiger partial charge in [-0.15, -0.1) is 0 Å². The highest BCUT2D eigenvalue weighted by atomic mass is 16.6. The first-order valence-corrected chi connectivity index (χ1v) is 24.9. The van der Waals surface area contributed by atoms with Crippen molar-refractivity contribution >= 4 is 17.9 Å². The Morgan fingerprint density at radius 1 is 0.339 bits per heavy atom. The summed E-state index contributed by atoms with van der Waals surface area (Å²) in [5, 5.41) is 0. The first-order chi connectivity index (χ1) is 27.4. The van der Waals surface area contributed by atoms with Gasteiger partial charge in [0.1, 0.15) is 13.2 Å². The number of rotatable bonds is 45. The van der Waals surface area contributed by atoms with Gasteiger partial charge in [0, 0.05) is 19.3 Å². The highest BCUT2D eigenvalue weighted by Crippen LogP contribution is 2.17. The fraction of sp³-hybridized carbons (Fsp3) is 0.940. The molecule has 0 aromatic rings. The summed E-state index contributed by atoms with van der Waals surface area (Å²) in [6, 6.07) is 0. The van der Waals surface area contributed by atoms with Gasteiger partial charge >= 0.3 is 17.9 Å². The van der Waals surface area contributed by atoms with Crippen LogP contribution in [0.1, 0.15) is 278 Å². The average Bonchev–Trinajstić information content (AvgIpc) is 3.18. The number of ether oxygens (including phenoxy) is 3. The van der Waals surface area contributed by atoms with Crippen molar-refractivity contribution in [3.63, 3.8) is 0 Å². The molecule has 0 aliphatic carbocycles. The van der Waals surface area contributed by atoms with Crippen LogP contribution < -0.4 is 0 Å². The van der Waals surface area contributed by atoms with Crippen LogP contribution in [0.4, 0.5) is 0 Å². The molecule has 0 N–H and O–H groups in total. The Balaban J connectivity index is 4.25. The minimum Gasteiger partial charge on any atom is -0.462 e. The van der Waals surface area contributed by atoms with Crippen molar-refractivity contribution in [1.82, 2.24) is 0 Å². The summed E-state index contributed by atoms with van der Waals surface area (Å²) in [5.41, 5.74) is 0. The summed E-state index contributed by atoms with van der Waals surface area (Å²) in [6.07, 6.45) is 45.2. The Hall–Kier alpha value is -1.59. The molecule has 0 radical (unpaired) electrons. The Bertz CT molecular complexity index is 841. The molecule has 0 aromatic heterocycles. The topological polar surface area (TPSA) is 78.9 Å². The van der Waals surface area contributed by atoms with Crippen LogP contribution in [0.3, 0.4) is 0 Å². The van der Waals surface area contributed by atoms with Crippen LogP contribution in [0.25, 0.3) is 0 Å². The van der Waals surface area contributed by atoms with Crippen molar-refractivity contribution in [2.75, 3.05) is 13.2 Å². The number of hydrogen-bond acceptors (Lipinski definition) is 6. The molecule has 0 saturated carbocycles. The quantitative estimate of drug-likeness (QED) is 0.0347. The molecule has 0 aliphatic rings. The number of unbranched alkanes of at least 4 members (excludes halogenated alkanes) is 32. The van der Waals surface area contributed by atoms with Gasteiger partial charge in [0.25, 0.3) is 0 Å². The van der Waals surface area contributed by atoms with Gasteiger partial charge in [-0.2, -0.15) is 0 Å². The van der Waals surface area contributed by atoms with E-state index in [0.29, 0.717) is 19.3 Å². The molecule has 56 heavy (non-hydrogen) atoms. The van der Waals surface area contributed by atoms with Gasteiger partial charge in [-0.25, -0.2) is 0 Å². The summed E-state index contributed by atoms with van der Waals surface area (Å²) < 4.78 is 16.7. The van der Waals surface area contributed by atoms with E-state index in [-0.39, 0.29) is 31.1 Å². The lowest BCUT2D eigenvalue weighted by Crippen LogP contribution is -2.30. The number of carbonyl (C=O) groups is 3. The Morgan fingerprint density at radius 3 is 0.875 bits per heavy atom. The van der Waals surface area contributed by atoms with Crippen molar-refractivity contribution < 1.29 is 28.6 Å². The third-order valence-corrected chi connectivity index (χ3v) is 11.3. The molecule has 0 fully saturated rings. The van der Waals surface area contributed by atoms with E-state index in [1.165, 1.54) is 173 Å². The number of hydrogen-bond donors (Lipinski definition) is 0. The highest BCUT2D eigenvalue weighted by Gasteiger charge is 2.19. The largest absolute Gasteiger partial charge is 0.462 e. The van der Waals surface area contributed by atoms with Gasteiger partial charge in [-0.05, 0) is 25.2 Å². The lowest BCUT2D eigenvalue weighted by Gasteiger charge is -2.18. The molecule has 6 heteroatoms. The molecule has 1 atom stereocenters. The third-order valence-electron chi connectivity index (χ3n) is 11.3. The molecule has 0 saturated heterocycles. The zero-order valence-corrected chi connectivity index (χ0v) is 38.1. The standard InChI is InChI=1S/C50H96O6/c1-5-7-9-11-13-15-17-18-19-20-21-22-23-25-29-33-37-41-48(51)54-44-47(56-50(53)43-39-35-31-24-16-14-12-10-8-6-2)45-55-49(52)42-38-34-30-27-26-28-32-36-40-46(3)4/h46-47H,5-45H2,1-4H3/t47-/m0/s1. The van der Waals surface area contributed by atoms with E-state index < -0.39 is 6.10 Å². The van der Waals surface area contributed by atoms with E-state index in [0.717, 1.165) is 63.7 Å². The van der Waals surface area contributed by atoms with Crippen LogP contribution in [0.2, 0.25) is 0 Å². The van der Waals surface area contributed by atoms with E-state index in [4.69, 9.17) is 14.2 Å². The van der Waals surface area contributed by atoms with Crippen molar-refractivity contribution in [2.24, 2.45) is 5.92 Å². The molecule has 0 unspecified atom stereocenters. The predicted octanol–water partition coefficient (Wildman–Crippen LogP) is 15.9. The maximum Gasteiger partial charge on any atom is 0.306 e. The minimum atomic E-state index is -0.759. The van der Waals surface area contributed by atoms with Crippen LogP contribution in [-0.4, -0.2) is 37.2 Å². The van der Waals surface area contributed by atoms with Crippen molar-refractivity contribution in [1.29, 1.82) is 0 Å². The summed E-state index contributed by atoms with van der Waals surface area (Å²) >= 11 is 0. The van der Waals surface area contributed by atoms with Crippen molar-refractivity contribution in [3.05, 3.63) is 0 Å². The normalized spacial score (nSPS) is 11.9. The maximum atomic E-state index is 12.7. The second-order valence-electron chi connectivity index (χ2n) is 17.6. The van der Waals surface area contributed by atoms with Crippen molar-refractivity contribution in [2.45, 2.75) is 284 Å². The third kappa shape index (κ3) is 43.5. The first kappa shape index (κ1) is 54.4. The molecular formula is C50H96O6. The Labute approximate surface area is 348 Å². The van der Waals surface area contributed by atoms with E-state index in [2.05, 4.69) is 27.7 Å². The maximum absolute atomic E-state index is 12.7. The predicted molar refractivity (Wildman–Crippen MR) is 238 cm³/mol. The molecule has 0 spiro atoms. The average molecular weight is 793 g/mol. The van der Waals surface area contributed by atoms with Gasteiger partial charge in [0.2, 0.25) is 0 Å². The van der Waals surface area contributed by atoms with Gasteiger partial charge in [-0.3, -0.25) is 14.4 Å². The molecule has 0 rings (SSSR count). The Morgan fingerprint density at radius 2 is 0.589 bits per heavy atom. The Kier molecular flexibility index (Phi) is 43.2. The number of esters is 3. The van der Waals surface area contributed by atoms with Gasteiger partial charge in [0.05, 0.1) is 0 Å². The summed E-state index contributed by atoms with van der Waals surface area (Å²) in [6.45, 7) is 8.97. The lowest BCUT2D eigenvalue weighted by molar-refractivity contribution is -0.167. The van der Waals surface area contributed by atoms with E-state index >= 15 is 0 Å². The summed E-state index contributed by atoms with van der Waals surface area (Å²) in [4.78, 5) is 37.8. The van der Waals surface area contributed by atoms with Crippen LogP contribution in [0.15, 0.2) is 0 Å². The van der Waals surface area contributed by atoms with Crippen LogP contribution >= 0.6 is 0 Å². The lowest BCUT2D eigenvalue weighted by atomic mass is 10.0. The fourth-order valence-corrected chi connectivity index (χ4v) is 7.51. The van der Waals surface area contributed by atoms with Crippen LogP contribution in [-0.2, 0) is 28.6 Å². The monoisotopic (exact) mass is 793 g/mol. The summed E-state index contributed by atoms with van der Waals surface area (Å²) in [7, 11) is 0.